The molecule has 1 aliphatic rings. The number of carbonyl (C=O) groups is 1. The Morgan fingerprint density at radius 3 is 2.65 bits per heavy atom. The Morgan fingerprint density at radius 2 is 1.87 bits per heavy atom. The summed E-state index contributed by atoms with van der Waals surface area (Å²) in [5, 5.41) is 4.09. The summed E-state index contributed by atoms with van der Waals surface area (Å²) in [4.78, 5) is 19.5. The number of nitrogens with zero attached hydrogens (tertiary/aromatic N) is 3. The number of aromatic nitrogens is 2. The maximum atomic E-state index is 13.2. The summed E-state index contributed by atoms with van der Waals surface area (Å²) in [6.45, 7) is 0.591. The van der Waals surface area contributed by atoms with E-state index in [1.165, 1.54) is 0 Å². The molecule has 0 bridgehead atoms. The molecule has 31 heavy (non-hydrogen) atoms. The van der Waals surface area contributed by atoms with Crippen molar-refractivity contribution in [2.45, 2.75) is 31.7 Å². The van der Waals surface area contributed by atoms with Crippen molar-refractivity contribution in [2.75, 3.05) is 17.5 Å². The van der Waals surface area contributed by atoms with Crippen LogP contribution in [0.15, 0.2) is 59.1 Å². The molecule has 8 nitrogen and oxygen atoms in total. The summed E-state index contributed by atoms with van der Waals surface area (Å²) in [6, 6.07) is 16.2. The molecule has 1 unspecified atom stereocenters. The predicted octanol–water partition coefficient (Wildman–Crippen LogP) is 3.40. The van der Waals surface area contributed by atoms with E-state index in [-0.39, 0.29) is 18.4 Å². The standard InChI is InChI=1S/C22H24N4O4S/c1-31(28,29)25-18-12-6-5-11-17(18)15-20(27)26-14-8-7-13-19(26)22-23-21(24-30-22)16-9-3-2-4-10-16/h2-6,9-12,19,25H,7-8,13-15H2,1H3. The Hall–Kier alpha value is -3.20. The lowest BCUT2D eigenvalue weighted by Crippen LogP contribution is -2.39. The number of likely N-dealkylation sites (tertiary alicyclic amines) is 1. The molecule has 1 aromatic heterocycles. The Balaban J connectivity index is 1.55. The van der Waals surface area contributed by atoms with Gasteiger partial charge < -0.3 is 9.42 Å². The van der Waals surface area contributed by atoms with E-state index in [1.54, 1.807) is 29.2 Å². The zero-order valence-electron chi connectivity index (χ0n) is 17.2. The third kappa shape index (κ3) is 5.11. The Morgan fingerprint density at radius 1 is 1.13 bits per heavy atom. The predicted molar refractivity (Wildman–Crippen MR) is 117 cm³/mol. The summed E-state index contributed by atoms with van der Waals surface area (Å²) in [6.07, 6.45) is 3.77. The van der Waals surface area contributed by atoms with Gasteiger partial charge in [-0.25, -0.2) is 8.42 Å². The number of anilines is 1. The number of benzene rings is 2. The van der Waals surface area contributed by atoms with Crippen LogP contribution in [0.3, 0.4) is 0 Å². The molecular weight excluding hydrogens is 416 g/mol. The molecule has 2 heterocycles. The van der Waals surface area contributed by atoms with Crippen LogP contribution in [-0.4, -0.2) is 42.2 Å². The molecule has 162 valence electrons. The van der Waals surface area contributed by atoms with E-state index in [2.05, 4.69) is 14.9 Å². The molecule has 1 atom stereocenters. The lowest BCUT2D eigenvalue weighted by atomic mass is 10.00. The third-order valence-corrected chi connectivity index (χ3v) is 5.83. The second-order valence-electron chi connectivity index (χ2n) is 7.63. The fourth-order valence-corrected chi connectivity index (χ4v) is 4.40. The number of piperidine rings is 1. The summed E-state index contributed by atoms with van der Waals surface area (Å²) < 4.78 is 31.3. The molecule has 2 aromatic carbocycles. The molecule has 9 heteroatoms. The van der Waals surface area contributed by atoms with Gasteiger partial charge in [0.15, 0.2) is 0 Å². The molecule has 1 N–H and O–H groups in total. The highest BCUT2D eigenvalue weighted by Crippen LogP contribution is 2.32. The maximum absolute atomic E-state index is 13.2. The van der Waals surface area contributed by atoms with Gasteiger partial charge in [0.05, 0.1) is 18.4 Å². The average Bonchev–Trinajstić information content (AvgIpc) is 3.25. The summed E-state index contributed by atoms with van der Waals surface area (Å²) >= 11 is 0. The first-order valence-corrected chi connectivity index (χ1v) is 12.0. The van der Waals surface area contributed by atoms with Crippen LogP contribution in [0.1, 0.15) is 36.8 Å². The molecule has 0 saturated carbocycles. The zero-order valence-corrected chi connectivity index (χ0v) is 18.0. The minimum absolute atomic E-state index is 0.0782. The highest BCUT2D eigenvalue weighted by Gasteiger charge is 2.32. The fraction of sp³-hybridized carbons (Fsp3) is 0.318. The van der Waals surface area contributed by atoms with Crippen LogP contribution in [0.25, 0.3) is 11.4 Å². The number of amides is 1. The summed E-state index contributed by atoms with van der Waals surface area (Å²) in [5.41, 5.74) is 1.89. The Kier molecular flexibility index (Phi) is 6.03. The van der Waals surface area contributed by atoms with Gasteiger partial charge in [-0.15, -0.1) is 0 Å². The van der Waals surface area contributed by atoms with Crippen molar-refractivity contribution in [1.29, 1.82) is 0 Å². The first-order chi connectivity index (χ1) is 14.9. The summed E-state index contributed by atoms with van der Waals surface area (Å²) in [5.74, 6) is 0.817. The molecule has 1 amide bonds. The molecule has 0 radical (unpaired) electrons. The second kappa shape index (κ2) is 8.89. The fourth-order valence-electron chi connectivity index (χ4n) is 3.80. The van der Waals surface area contributed by atoms with Crippen LogP contribution in [-0.2, 0) is 21.2 Å². The molecular formula is C22H24N4O4S. The van der Waals surface area contributed by atoms with Gasteiger partial charge in [0.1, 0.15) is 6.04 Å². The number of hydrogen-bond donors (Lipinski definition) is 1. The van der Waals surface area contributed by atoms with E-state index in [4.69, 9.17) is 4.52 Å². The van der Waals surface area contributed by atoms with Crippen molar-refractivity contribution >= 4 is 21.6 Å². The quantitative estimate of drug-likeness (QED) is 0.630. The lowest BCUT2D eigenvalue weighted by Gasteiger charge is -2.33. The lowest BCUT2D eigenvalue weighted by molar-refractivity contribution is -0.135. The number of sulfonamides is 1. The number of carbonyl (C=O) groups excluding carboxylic acids is 1. The van der Waals surface area contributed by atoms with Crippen molar-refractivity contribution in [1.82, 2.24) is 15.0 Å². The Bertz CT molecular complexity index is 1160. The van der Waals surface area contributed by atoms with E-state index < -0.39 is 10.0 Å². The number of rotatable bonds is 6. The van der Waals surface area contributed by atoms with Crippen LogP contribution < -0.4 is 4.72 Å². The molecule has 3 aromatic rings. The minimum Gasteiger partial charge on any atom is -0.337 e. The van der Waals surface area contributed by atoms with Gasteiger partial charge in [0, 0.05) is 12.1 Å². The smallest absolute Gasteiger partial charge is 0.249 e. The van der Waals surface area contributed by atoms with Crippen molar-refractivity contribution in [3.8, 4) is 11.4 Å². The van der Waals surface area contributed by atoms with Crippen LogP contribution in [0.5, 0.6) is 0 Å². The summed E-state index contributed by atoms with van der Waals surface area (Å²) in [7, 11) is -3.45. The van der Waals surface area contributed by atoms with Crippen molar-refractivity contribution in [2.24, 2.45) is 0 Å². The Labute approximate surface area is 181 Å². The maximum Gasteiger partial charge on any atom is 0.249 e. The number of para-hydroxylation sites is 1. The first kappa shape index (κ1) is 21.0. The van der Waals surface area contributed by atoms with E-state index in [0.29, 0.717) is 29.5 Å². The van der Waals surface area contributed by atoms with Gasteiger partial charge in [0.2, 0.25) is 27.6 Å². The van der Waals surface area contributed by atoms with E-state index in [1.807, 2.05) is 30.3 Å². The van der Waals surface area contributed by atoms with Crippen LogP contribution >= 0.6 is 0 Å². The largest absolute Gasteiger partial charge is 0.337 e. The van der Waals surface area contributed by atoms with Gasteiger partial charge in [-0.2, -0.15) is 4.98 Å². The zero-order chi connectivity index (χ0) is 21.8. The molecule has 0 spiro atoms. The highest BCUT2D eigenvalue weighted by atomic mass is 32.2. The third-order valence-electron chi connectivity index (χ3n) is 5.24. The van der Waals surface area contributed by atoms with Gasteiger partial charge >= 0.3 is 0 Å². The molecule has 0 aliphatic carbocycles. The average molecular weight is 441 g/mol. The number of nitrogens with one attached hydrogen (secondary N) is 1. The SMILES string of the molecule is CS(=O)(=O)Nc1ccccc1CC(=O)N1CCCCC1c1nc(-c2ccccc2)no1. The topological polar surface area (TPSA) is 105 Å². The highest BCUT2D eigenvalue weighted by molar-refractivity contribution is 7.92. The van der Waals surface area contributed by atoms with Crippen LogP contribution in [0.2, 0.25) is 0 Å². The second-order valence-corrected chi connectivity index (χ2v) is 9.38. The molecule has 4 rings (SSSR count). The monoisotopic (exact) mass is 440 g/mol. The van der Waals surface area contributed by atoms with Gasteiger partial charge in [0.25, 0.3) is 0 Å². The van der Waals surface area contributed by atoms with Crippen molar-refractivity contribution < 1.29 is 17.7 Å². The van der Waals surface area contributed by atoms with Crippen LogP contribution in [0, 0.1) is 0 Å². The van der Waals surface area contributed by atoms with E-state index in [0.717, 1.165) is 31.1 Å². The molecule has 1 fully saturated rings. The van der Waals surface area contributed by atoms with Crippen molar-refractivity contribution in [3.63, 3.8) is 0 Å². The molecule has 1 saturated heterocycles. The normalized spacial score (nSPS) is 16.8. The first-order valence-electron chi connectivity index (χ1n) is 10.1. The van der Waals surface area contributed by atoms with Crippen LogP contribution in [0.4, 0.5) is 5.69 Å². The van der Waals surface area contributed by atoms with Gasteiger partial charge in [-0.05, 0) is 30.9 Å². The minimum atomic E-state index is -3.45. The van der Waals surface area contributed by atoms with Crippen molar-refractivity contribution in [3.05, 3.63) is 66.1 Å². The number of hydrogen-bond acceptors (Lipinski definition) is 6. The van der Waals surface area contributed by atoms with Gasteiger partial charge in [-0.3, -0.25) is 9.52 Å². The van der Waals surface area contributed by atoms with E-state index in [9.17, 15) is 13.2 Å². The van der Waals surface area contributed by atoms with Gasteiger partial charge in [-0.1, -0.05) is 53.7 Å². The van der Waals surface area contributed by atoms with E-state index >= 15 is 0 Å². The molecule has 1 aliphatic heterocycles.